The van der Waals surface area contributed by atoms with Gasteiger partial charge in [0.05, 0.1) is 22.7 Å². The Hall–Kier alpha value is -3.29. The summed E-state index contributed by atoms with van der Waals surface area (Å²) in [6.07, 6.45) is 2.67. The zero-order valence-corrected chi connectivity index (χ0v) is 17.1. The fraction of sp³-hybridized carbons (Fsp3) is 0.304. The van der Waals surface area contributed by atoms with Gasteiger partial charge in [-0.3, -0.25) is 9.59 Å². The van der Waals surface area contributed by atoms with Gasteiger partial charge in [0, 0.05) is 12.4 Å². The van der Waals surface area contributed by atoms with E-state index in [4.69, 9.17) is 0 Å². The SMILES string of the molecule is CNn1c(C)c(C(=O)NC(c2ccc(F)c(F)c2)C2CCC2)c2cccc(F)c2c1=O. The lowest BCUT2D eigenvalue weighted by molar-refractivity contribution is 0.0900. The normalized spacial score (nSPS) is 14.9. The molecule has 162 valence electrons. The van der Waals surface area contributed by atoms with E-state index < -0.39 is 35.0 Å². The predicted molar refractivity (Wildman–Crippen MR) is 112 cm³/mol. The highest BCUT2D eigenvalue weighted by atomic mass is 19.2. The van der Waals surface area contributed by atoms with Crippen molar-refractivity contribution in [2.75, 3.05) is 12.5 Å². The molecule has 1 fully saturated rings. The molecule has 5 nitrogen and oxygen atoms in total. The highest BCUT2D eigenvalue weighted by molar-refractivity contribution is 6.08. The maximum absolute atomic E-state index is 14.5. The maximum Gasteiger partial charge on any atom is 0.279 e. The van der Waals surface area contributed by atoms with E-state index in [0.717, 1.165) is 36.1 Å². The van der Waals surface area contributed by atoms with E-state index in [1.807, 2.05) is 0 Å². The number of halogens is 3. The number of benzene rings is 2. The van der Waals surface area contributed by atoms with Crippen molar-refractivity contribution in [1.82, 2.24) is 9.99 Å². The summed E-state index contributed by atoms with van der Waals surface area (Å²) in [4.78, 5) is 26.1. The summed E-state index contributed by atoms with van der Waals surface area (Å²) in [7, 11) is 1.50. The van der Waals surface area contributed by atoms with E-state index in [9.17, 15) is 22.8 Å². The average Bonchev–Trinajstić information content (AvgIpc) is 2.68. The Bertz CT molecular complexity index is 1230. The number of fused-ring (bicyclic) bond motifs is 1. The number of hydrogen-bond donors (Lipinski definition) is 2. The van der Waals surface area contributed by atoms with Gasteiger partial charge < -0.3 is 10.7 Å². The summed E-state index contributed by atoms with van der Waals surface area (Å²) in [6, 6.07) is 7.19. The topological polar surface area (TPSA) is 63.1 Å². The Morgan fingerprint density at radius 3 is 2.45 bits per heavy atom. The van der Waals surface area contributed by atoms with Crippen LogP contribution in [0.2, 0.25) is 0 Å². The van der Waals surface area contributed by atoms with E-state index >= 15 is 0 Å². The third-order valence-electron chi connectivity index (χ3n) is 6.06. The Balaban J connectivity index is 1.82. The molecule has 4 rings (SSSR count). The molecule has 1 heterocycles. The first-order valence-electron chi connectivity index (χ1n) is 10.1. The van der Waals surface area contributed by atoms with Crippen molar-refractivity contribution >= 4 is 16.7 Å². The van der Waals surface area contributed by atoms with Crippen molar-refractivity contribution in [3.05, 3.63) is 81.0 Å². The molecule has 2 N–H and O–H groups in total. The van der Waals surface area contributed by atoms with Gasteiger partial charge in [0.15, 0.2) is 11.6 Å². The van der Waals surface area contributed by atoms with Crippen LogP contribution >= 0.6 is 0 Å². The zero-order valence-electron chi connectivity index (χ0n) is 17.1. The van der Waals surface area contributed by atoms with Gasteiger partial charge in [0.2, 0.25) is 0 Å². The van der Waals surface area contributed by atoms with E-state index in [1.54, 1.807) is 6.92 Å². The minimum atomic E-state index is -0.983. The Morgan fingerprint density at radius 1 is 1.10 bits per heavy atom. The molecule has 1 atom stereocenters. The molecule has 8 heteroatoms. The molecule has 1 unspecified atom stereocenters. The molecular formula is C23H22F3N3O2. The average molecular weight is 429 g/mol. The van der Waals surface area contributed by atoms with Crippen LogP contribution in [0.15, 0.2) is 41.2 Å². The number of carbonyl (C=O) groups excluding carboxylic acids is 1. The molecule has 0 aliphatic heterocycles. The number of pyridine rings is 1. The van der Waals surface area contributed by atoms with Crippen LogP contribution in [-0.2, 0) is 0 Å². The van der Waals surface area contributed by atoms with E-state index in [0.29, 0.717) is 11.3 Å². The Kier molecular flexibility index (Phi) is 5.47. The van der Waals surface area contributed by atoms with Crippen molar-refractivity contribution in [2.24, 2.45) is 5.92 Å². The molecule has 1 aliphatic rings. The van der Waals surface area contributed by atoms with Gasteiger partial charge in [-0.1, -0.05) is 24.6 Å². The fourth-order valence-electron chi connectivity index (χ4n) is 4.24. The second-order valence-corrected chi connectivity index (χ2v) is 7.80. The number of carbonyl (C=O) groups is 1. The summed E-state index contributed by atoms with van der Waals surface area (Å²) < 4.78 is 42.9. The quantitative estimate of drug-likeness (QED) is 0.640. The highest BCUT2D eigenvalue weighted by Crippen LogP contribution is 2.38. The third kappa shape index (κ3) is 3.56. The summed E-state index contributed by atoms with van der Waals surface area (Å²) in [5.41, 5.74) is 3.03. The van der Waals surface area contributed by atoms with Gasteiger partial charge >= 0.3 is 0 Å². The summed E-state index contributed by atoms with van der Waals surface area (Å²) in [5, 5.41) is 2.93. The molecule has 3 aromatic rings. The molecule has 1 aliphatic carbocycles. The third-order valence-corrected chi connectivity index (χ3v) is 6.06. The minimum absolute atomic E-state index is 0.0762. The second-order valence-electron chi connectivity index (χ2n) is 7.80. The van der Waals surface area contributed by atoms with Crippen molar-refractivity contribution in [2.45, 2.75) is 32.2 Å². The van der Waals surface area contributed by atoms with Crippen molar-refractivity contribution < 1.29 is 18.0 Å². The van der Waals surface area contributed by atoms with Gasteiger partial charge in [0.1, 0.15) is 5.82 Å². The summed E-state index contributed by atoms with van der Waals surface area (Å²) >= 11 is 0. The number of aromatic nitrogens is 1. The van der Waals surface area contributed by atoms with Crippen LogP contribution < -0.4 is 16.3 Å². The summed E-state index contributed by atoms with van der Waals surface area (Å²) in [5.74, 6) is -3.10. The van der Waals surface area contributed by atoms with Gasteiger partial charge in [-0.2, -0.15) is 0 Å². The maximum atomic E-state index is 14.5. The number of rotatable bonds is 5. The predicted octanol–water partition coefficient (Wildman–Crippen LogP) is 4.17. The van der Waals surface area contributed by atoms with Crippen LogP contribution in [-0.4, -0.2) is 17.6 Å². The fourth-order valence-corrected chi connectivity index (χ4v) is 4.24. The molecule has 1 saturated carbocycles. The molecule has 2 aromatic carbocycles. The van der Waals surface area contributed by atoms with Crippen LogP contribution in [0.4, 0.5) is 13.2 Å². The van der Waals surface area contributed by atoms with Crippen LogP contribution in [0.3, 0.4) is 0 Å². The monoisotopic (exact) mass is 429 g/mol. The molecular weight excluding hydrogens is 407 g/mol. The van der Waals surface area contributed by atoms with Crippen LogP contribution in [0.1, 0.15) is 46.9 Å². The number of hydrogen-bond acceptors (Lipinski definition) is 3. The van der Waals surface area contributed by atoms with E-state index in [1.165, 1.54) is 31.3 Å². The highest BCUT2D eigenvalue weighted by Gasteiger charge is 2.32. The summed E-state index contributed by atoms with van der Waals surface area (Å²) in [6.45, 7) is 1.59. The van der Waals surface area contributed by atoms with Gasteiger partial charge in [0.25, 0.3) is 11.5 Å². The molecule has 0 radical (unpaired) electrons. The second kappa shape index (κ2) is 8.09. The smallest absolute Gasteiger partial charge is 0.279 e. The minimum Gasteiger partial charge on any atom is -0.345 e. The van der Waals surface area contributed by atoms with Crippen LogP contribution in [0.25, 0.3) is 10.8 Å². The molecule has 1 aromatic heterocycles. The molecule has 1 amide bonds. The van der Waals surface area contributed by atoms with Gasteiger partial charge in [-0.15, -0.1) is 0 Å². The van der Waals surface area contributed by atoms with Crippen molar-refractivity contribution in [3.8, 4) is 0 Å². The van der Waals surface area contributed by atoms with Crippen LogP contribution in [0, 0.1) is 30.3 Å². The lowest BCUT2D eigenvalue weighted by Crippen LogP contribution is -2.38. The first-order chi connectivity index (χ1) is 14.8. The lowest BCUT2D eigenvalue weighted by atomic mass is 9.77. The first kappa shape index (κ1) is 21.0. The lowest BCUT2D eigenvalue weighted by Gasteiger charge is -2.35. The standard InChI is InChI=1S/C23H22F3N3O2/c1-12-19(15-7-4-8-17(25)20(15)23(31)29(12)27-2)22(30)28-21(13-5-3-6-13)14-9-10-16(24)18(26)11-14/h4,7-11,13,21,27H,3,5-6H2,1-2H3,(H,28,30). The van der Waals surface area contributed by atoms with E-state index in [2.05, 4.69) is 10.7 Å². The molecule has 31 heavy (non-hydrogen) atoms. The Morgan fingerprint density at radius 2 is 1.84 bits per heavy atom. The zero-order chi connectivity index (χ0) is 22.3. The van der Waals surface area contributed by atoms with Crippen LogP contribution in [0.5, 0.6) is 0 Å². The number of amides is 1. The Labute approximate surface area is 176 Å². The van der Waals surface area contributed by atoms with E-state index in [-0.39, 0.29) is 22.3 Å². The first-order valence-corrected chi connectivity index (χ1v) is 10.1. The van der Waals surface area contributed by atoms with Crippen molar-refractivity contribution in [3.63, 3.8) is 0 Å². The largest absolute Gasteiger partial charge is 0.345 e. The number of nitrogens with zero attached hydrogens (tertiary/aromatic N) is 1. The molecule has 0 bridgehead atoms. The van der Waals surface area contributed by atoms with Gasteiger partial charge in [-0.25, -0.2) is 17.8 Å². The van der Waals surface area contributed by atoms with Gasteiger partial charge in [-0.05, 0) is 49.4 Å². The molecule has 0 saturated heterocycles. The molecule has 0 spiro atoms. The van der Waals surface area contributed by atoms with Crippen molar-refractivity contribution in [1.29, 1.82) is 0 Å². The number of nitrogens with one attached hydrogen (secondary N) is 2.